The highest BCUT2D eigenvalue weighted by Crippen LogP contribution is 2.22. The van der Waals surface area contributed by atoms with Crippen molar-refractivity contribution >= 4 is 23.1 Å². The minimum absolute atomic E-state index is 0.303. The first-order chi connectivity index (χ1) is 10.7. The maximum atomic E-state index is 13.2. The maximum Gasteiger partial charge on any atom is 0.229 e. The highest BCUT2D eigenvalue weighted by molar-refractivity contribution is 5.61. The van der Waals surface area contributed by atoms with Gasteiger partial charge in [-0.05, 0) is 36.4 Å². The van der Waals surface area contributed by atoms with Gasteiger partial charge in [0.25, 0.3) is 0 Å². The molecule has 110 valence electrons. The van der Waals surface area contributed by atoms with Gasteiger partial charge in [0.15, 0.2) is 0 Å². The van der Waals surface area contributed by atoms with Gasteiger partial charge < -0.3 is 10.2 Å². The molecule has 1 N–H and O–H groups in total. The molecular weight excluding hydrogens is 279 g/mol. The molecule has 3 aromatic rings. The van der Waals surface area contributed by atoms with Crippen LogP contribution in [0.1, 0.15) is 0 Å². The van der Waals surface area contributed by atoms with Gasteiger partial charge in [-0.2, -0.15) is 4.98 Å². The molecule has 0 aliphatic rings. The summed E-state index contributed by atoms with van der Waals surface area (Å²) in [6, 6.07) is 17.9. The summed E-state index contributed by atoms with van der Waals surface area (Å²) in [7, 11) is 1.93. The van der Waals surface area contributed by atoms with Crippen LogP contribution in [0.25, 0.3) is 0 Å². The van der Waals surface area contributed by atoms with E-state index in [-0.39, 0.29) is 5.82 Å². The molecular formula is C17H15FN4. The Hall–Kier alpha value is -2.95. The highest BCUT2D eigenvalue weighted by atomic mass is 19.1. The van der Waals surface area contributed by atoms with Crippen LogP contribution in [0.15, 0.2) is 66.9 Å². The molecule has 3 rings (SSSR count). The van der Waals surface area contributed by atoms with Crippen LogP contribution in [0.3, 0.4) is 0 Å². The second-order valence-electron chi connectivity index (χ2n) is 4.77. The number of anilines is 4. The molecule has 0 aliphatic heterocycles. The van der Waals surface area contributed by atoms with Gasteiger partial charge in [-0.3, -0.25) is 0 Å². The fourth-order valence-electron chi connectivity index (χ4n) is 2.08. The Morgan fingerprint density at radius 3 is 2.59 bits per heavy atom. The van der Waals surface area contributed by atoms with E-state index in [4.69, 9.17) is 0 Å². The van der Waals surface area contributed by atoms with Crippen molar-refractivity contribution in [2.45, 2.75) is 0 Å². The molecule has 1 aromatic heterocycles. The lowest BCUT2D eigenvalue weighted by Crippen LogP contribution is -2.12. The molecule has 0 amide bonds. The quantitative estimate of drug-likeness (QED) is 0.785. The summed E-state index contributed by atoms with van der Waals surface area (Å²) in [4.78, 5) is 10.6. The van der Waals surface area contributed by atoms with E-state index < -0.39 is 0 Å². The number of nitrogens with one attached hydrogen (secondary N) is 1. The van der Waals surface area contributed by atoms with Crippen molar-refractivity contribution in [3.05, 3.63) is 72.7 Å². The van der Waals surface area contributed by atoms with Crippen LogP contribution in [-0.4, -0.2) is 17.0 Å². The molecule has 0 saturated heterocycles. The number of hydrogen-bond acceptors (Lipinski definition) is 4. The summed E-state index contributed by atoms with van der Waals surface area (Å²) in [6.07, 6.45) is 1.67. The Bertz CT molecular complexity index is 761. The number of hydrogen-bond donors (Lipinski definition) is 1. The fourth-order valence-corrected chi connectivity index (χ4v) is 2.08. The van der Waals surface area contributed by atoms with Gasteiger partial charge in [0.2, 0.25) is 5.95 Å². The number of para-hydroxylation sites is 1. The summed E-state index contributed by atoms with van der Waals surface area (Å²) in [6.45, 7) is 0. The lowest BCUT2D eigenvalue weighted by Gasteiger charge is -2.18. The third-order valence-corrected chi connectivity index (χ3v) is 3.21. The molecule has 0 radical (unpaired) electrons. The first-order valence-electron chi connectivity index (χ1n) is 6.87. The second-order valence-corrected chi connectivity index (χ2v) is 4.77. The van der Waals surface area contributed by atoms with Gasteiger partial charge in [-0.15, -0.1) is 0 Å². The van der Waals surface area contributed by atoms with Crippen LogP contribution in [0.5, 0.6) is 0 Å². The summed E-state index contributed by atoms with van der Waals surface area (Å²) in [5.74, 6) is 0.869. The molecule has 0 atom stereocenters. The Morgan fingerprint density at radius 2 is 1.82 bits per heavy atom. The normalized spacial score (nSPS) is 10.3. The molecule has 0 unspecified atom stereocenters. The molecule has 5 heteroatoms. The van der Waals surface area contributed by atoms with Gasteiger partial charge in [-0.25, -0.2) is 9.37 Å². The van der Waals surface area contributed by atoms with E-state index in [1.54, 1.807) is 18.3 Å². The number of halogens is 1. The number of aromatic nitrogens is 2. The van der Waals surface area contributed by atoms with Gasteiger partial charge in [-0.1, -0.05) is 24.3 Å². The third-order valence-electron chi connectivity index (χ3n) is 3.21. The van der Waals surface area contributed by atoms with E-state index in [1.165, 1.54) is 12.1 Å². The second kappa shape index (κ2) is 6.22. The zero-order valence-electron chi connectivity index (χ0n) is 12.1. The van der Waals surface area contributed by atoms with E-state index in [0.717, 1.165) is 11.5 Å². The van der Waals surface area contributed by atoms with Crippen molar-refractivity contribution in [2.24, 2.45) is 0 Å². The van der Waals surface area contributed by atoms with E-state index in [9.17, 15) is 4.39 Å². The predicted molar refractivity (Wildman–Crippen MR) is 86.2 cm³/mol. The van der Waals surface area contributed by atoms with E-state index in [1.807, 2.05) is 48.3 Å². The van der Waals surface area contributed by atoms with Crippen molar-refractivity contribution in [3.63, 3.8) is 0 Å². The molecule has 1 heterocycles. The van der Waals surface area contributed by atoms with Gasteiger partial charge in [0, 0.05) is 24.6 Å². The van der Waals surface area contributed by atoms with Crippen LogP contribution < -0.4 is 10.2 Å². The topological polar surface area (TPSA) is 41.1 Å². The molecule has 0 fully saturated rings. The first-order valence-corrected chi connectivity index (χ1v) is 6.87. The predicted octanol–water partition coefficient (Wildman–Crippen LogP) is 4.13. The van der Waals surface area contributed by atoms with Crippen LogP contribution >= 0.6 is 0 Å². The molecule has 0 saturated carbocycles. The minimum atomic E-state index is -0.303. The van der Waals surface area contributed by atoms with Crippen LogP contribution in [0, 0.1) is 5.82 Å². The number of benzene rings is 2. The maximum absolute atomic E-state index is 13.2. The molecule has 22 heavy (non-hydrogen) atoms. The van der Waals surface area contributed by atoms with Crippen LogP contribution in [0.4, 0.5) is 27.5 Å². The van der Waals surface area contributed by atoms with E-state index >= 15 is 0 Å². The van der Waals surface area contributed by atoms with Crippen LogP contribution in [-0.2, 0) is 0 Å². The zero-order valence-corrected chi connectivity index (χ0v) is 12.1. The Labute approximate surface area is 128 Å². The van der Waals surface area contributed by atoms with Crippen molar-refractivity contribution in [2.75, 3.05) is 17.3 Å². The molecule has 0 bridgehead atoms. The lowest BCUT2D eigenvalue weighted by atomic mass is 10.3. The van der Waals surface area contributed by atoms with Crippen LogP contribution in [0.2, 0.25) is 0 Å². The van der Waals surface area contributed by atoms with Gasteiger partial charge in [0.1, 0.15) is 11.6 Å². The summed E-state index contributed by atoms with van der Waals surface area (Å²) in [5, 5.41) is 3.00. The van der Waals surface area contributed by atoms with Crippen molar-refractivity contribution < 1.29 is 4.39 Å². The minimum Gasteiger partial charge on any atom is -0.329 e. The highest BCUT2D eigenvalue weighted by Gasteiger charge is 2.07. The Kier molecular flexibility index (Phi) is 3.96. The van der Waals surface area contributed by atoms with Crippen molar-refractivity contribution in [1.82, 2.24) is 9.97 Å². The smallest absolute Gasteiger partial charge is 0.229 e. The van der Waals surface area contributed by atoms with Gasteiger partial charge >= 0.3 is 0 Å². The van der Waals surface area contributed by atoms with E-state index in [2.05, 4.69) is 15.3 Å². The number of rotatable bonds is 4. The van der Waals surface area contributed by atoms with Gasteiger partial charge in [0.05, 0.1) is 0 Å². The monoisotopic (exact) mass is 294 g/mol. The lowest BCUT2D eigenvalue weighted by molar-refractivity contribution is 0.628. The fraction of sp³-hybridized carbons (Fsp3) is 0.0588. The summed E-state index contributed by atoms with van der Waals surface area (Å²) in [5.41, 5.74) is 1.64. The summed E-state index contributed by atoms with van der Waals surface area (Å²) >= 11 is 0. The average molecular weight is 294 g/mol. The Morgan fingerprint density at radius 1 is 1.00 bits per heavy atom. The average Bonchev–Trinajstić information content (AvgIpc) is 2.55. The molecule has 0 aliphatic carbocycles. The zero-order chi connectivity index (χ0) is 15.4. The Balaban J connectivity index is 1.83. The van der Waals surface area contributed by atoms with Crippen molar-refractivity contribution in [3.8, 4) is 0 Å². The largest absolute Gasteiger partial charge is 0.329 e. The molecule has 4 nitrogen and oxygen atoms in total. The van der Waals surface area contributed by atoms with Crippen molar-refractivity contribution in [1.29, 1.82) is 0 Å². The molecule has 2 aromatic carbocycles. The first kappa shape index (κ1) is 14.0. The molecule has 0 spiro atoms. The third kappa shape index (κ3) is 3.20. The summed E-state index contributed by atoms with van der Waals surface area (Å²) < 4.78 is 13.2. The van der Waals surface area contributed by atoms with E-state index in [0.29, 0.717) is 11.6 Å². The standard InChI is InChI=1S/C17H15FN4/c1-22(15-8-3-2-4-9-15)16-10-11-19-17(21-16)20-14-7-5-6-13(18)12-14/h2-12H,1H3,(H,19,20,21). The SMILES string of the molecule is CN(c1ccccc1)c1ccnc(Nc2cccc(F)c2)n1. The number of nitrogens with zero attached hydrogens (tertiary/aromatic N) is 3.